The van der Waals surface area contributed by atoms with E-state index >= 15 is 0 Å². The van der Waals surface area contributed by atoms with E-state index in [-0.39, 0.29) is 6.61 Å². The van der Waals surface area contributed by atoms with Gasteiger partial charge in [-0.25, -0.2) is 0 Å². The molecule has 0 fully saturated rings. The van der Waals surface area contributed by atoms with Crippen LogP contribution in [-0.2, 0) is 12.1 Å². The van der Waals surface area contributed by atoms with E-state index in [0.29, 0.717) is 0 Å². The Hall–Kier alpha value is -1.68. The summed E-state index contributed by atoms with van der Waals surface area (Å²) in [7, 11) is 0. The Morgan fingerprint density at radius 3 is 2.62 bits per heavy atom. The van der Waals surface area contributed by atoms with E-state index in [2.05, 4.69) is 60.1 Å². The Balaban J connectivity index is 1.96. The fourth-order valence-corrected chi connectivity index (χ4v) is 3.28. The SMILES string of the molecule is CC(CO)(NCc1cccs1)c1cccc2ccccc12. The fraction of sp³-hybridized carbons (Fsp3) is 0.222. The van der Waals surface area contributed by atoms with Gasteiger partial charge in [-0.1, -0.05) is 48.5 Å². The smallest absolute Gasteiger partial charge is 0.0652 e. The van der Waals surface area contributed by atoms with Crippen LogP contribution in [0.5, 0.6) is 0 Å². The van der Waals surface area contributed by atoms with Gasteiger partial charge in [-0.2, -0.15) is 0 Å². The zero-order valence-electron chi connectivity index (χ0n) is 12.0. The third kappa shape index (κ3) is 2.86. The maximum absolute atomic E-state index is 9.97. The Morgan fingerprint density at radius 2 is 1.86 bits per heavy atom. The lowest BCUT2D eigenvalue weighted by Crippen LogP contribution is -2.42. The zero-order valence-corrected chi connectivity index (χ0v) is 12.9. The molecule has 0 saturated heterocycles. The summed E-state index contributed by atoms with van der Waals surface area (Å²) in [4.78, 5) is 1.27. The molecule has 0 bridgehead atoms. The summed E-state index contributed by atoms with van der Waals surface area (Å²) in [6.07, 6.45) is 0. The molecule has 1 aromatic heterocycles. The van der Waals surface area contributed by atoms with Gasteiger partial charge in [0.05, 0.1) is 12.1 Å². The fourth-order valence-electron chi connectivity index (χ4n) is 2.64. The van der Waals surface area contributed by atoms with Crippen molar-refractivity contribution in [2.24, 2.45) is 0 Å². The minimum Gasteiger partial charge on any atom is -0.394 e. The van der Waals surface area contributed by atoms with Crippen LogP contribution in [0.25, 0.3) is 10.8 Å². The van der Waals surface area contributed by atoms with Crippen LogP contribution >= 0.6 is 11.3 Å². The molecule has 2 nitrogen and oxygen atoms in total. The number of aliphatic hydroxyl groups excluding tert-OH is 1. The molecule has 0 aliphatic heterocycles. The molecule has 21 heavy (non-hydrogen) atoms. The molecule has 3 rings (SSSR count). The molecule has 3 aromatic rings. The van der Waals surface area contributed by atoms with Crippen molar-refractivity contribution in [1.82, 2.24) is 5.32 Å². The molecule has 0 saturated carbocycles. The molecular weight excluding hydrogens is 278 g/mol. The van der Waals surface area contributed by atoms with Crippen molar-refractivity contribution >= 4 is 22.1 Å². The summed E-state index contributed by atoms with van der Waals surface area (Å²) in [5, 5.41) is 18.0. The summed E-state index contributed by atoms with van der Waals surface area (Å²) < 4.78 is 0. The minimum atomic E-state index is -0.454. The Labute approximate surface area is 129 Å². The van der Waals surface area contributed by atoms with Crippen LogP contribution in [0.1, 0.15) is 17.4 Å². The minimum absolute atomic E-state index is 0.0619. The van der Waals surface area contributed by atoms with Gasteiger partial charge in [-0.05, 0) is 34.7 Å². The van der Waals surface area contributed by atoms with Crippen molar-refractivity contribution in [3.63, 3.8) is 0 Å². The first-order valence-corrected chi connectivity index (χ1v) is 7.97. The Kier molecular flexibility index (Phi) is 4.06. The summed E-state index contributed by atoms with van der Waals surface area (Å²) in [6, 6.07) is 18.7. The summed E-state index contributed by atoms with van der Waals surface area (Å²) in [5.74, 6) is 0. The molecule has 1 atom stereocenters. The Morgan fingerprint density at radius 1 is 1.05 bits per heavy atom. The highest BCUT2D eigenvalue weighted by atomic mass is 32.1. The lowest BCUT2D eigenvalue weighted by Gasteiger charge is -2.30. The predicted molar refractivity (Wildman–Crippen MR) is 89.5 cm³/mol. The molecule has 2 aromatic carbocycles. The number of nitrogens with one attached hydrogen (secondary N) is 1. The van der Waals surface area contributed by atoms with E-state index < -0.39 is 5.54 Å². The van der Waals surface area contributed by atoms with Crippen molar-refractivity contribution in [3.05, 3.63) is 70.4 Å². The molecule has 0 radical (unpaired) electrons. The molecule has 3 heteroatoms. The second-order valence-electron chi connectivity index (χ2n) is 5.45. The third-order valence-corrected chi connectivity index (χ3v) is 4.81. The third-order valence-electron chi connectivity index (χ3n) is 3.93. The largest absolute Gasteiger partial charge is 0.394 e. The topological polar surface area (TPSA) is 32.3 Å². The number of benzene rings is 2. The number of hydrogen-bond donors (Lipinski definition) is 2. The van der Waals surface area contributed by atoms with Gasteiger partial charge in [0.15, 0.2) is 0 Å². The number of fused-ring (bicyclic) bond motifs is 1. The van der Waals surface area contributed by atoms with Gasteiger partial charge in [-0.15, -0.1) is 11.3 Å². The van der Waals surface area contributed by atoms with Gasteiger partial charge < -0.3 is 10.4 Å². The van der Waals surface area contributed by atoms with Gasteiger partial charge in [0, 0.05) is 11.4 Å². The van der Waals surface area contributed by atoms with E-state index in [1.807, 2.05) is 12.1 Å². The van der Waals surface area contributed by atoms with E-state index in [4.69, 9.17) is 0 Å². The summed E-state index contributed by atoms with van der Waals surface area (Å²) in [6.45, 7) is 2.88. The molecular formula is C18H19NOS. The van der Waals surface area contributed by atoms with Crippen molar-refractivity contribution in [2.75, 3.05) is 6.61 Å². The van der Waals surface area contributed by atoms with Crippen LogP contribution in [0, 0.1) is 0 Å². The molecule has 1 heterocycles. The van der Waals surface area contributed by atoms with E-state index in [0.717, 1.165) is 12.1 Å². The normalized spacial score (nSPS) is 14.2. The maximum atomic E-state index is 9.97. The predicted octanol–water partition coefficient (Wildman–Crippen LogP) is 3.90. The highest BCUT2D eigenvalue weighted by molar-refractivity contribution is 7.09. The monoisotopic (exact) mass is 297 g/mol. The van der Waals surface area contributed by atoms with E-state index in [9.17, 15) is 5.11 Å². The van der Waals surface area contributed by atoms with Crippen LogP contribution in [0.15, 0.2) is 60.0 Å². The second-order valence-corrected chi connectivity index (χ2v) is 6.48. The maximum Gasteiger partial charge on any atom is 0.0652 e. The zero-order chi connectivity index (χ0) is 14.7. The van der Waals surface area contributed by atoms with Gasteiger partial charge in [0.2, 0.25) is 0 Å². The quantitative estimate of drug-likeness (QED) is 0.748. The number of thiophene rings is 1. The molecule has 1 unspecified atom stereocenters. The molecule has 2 N–H and O–H groups in total. The van der Waals surface area contributed by atoms with Gasteiger partial charge in [-0.3, -0.25) is 0 Å². The number of rotatable bonds is 5. The van der Waals surface area contributed by atoms with Crippen LogP contribution < -0.4 is 5.32 Å². The van der Waals surface area contributed by atoms with Crippen molar-refractivity contribution in [1.29, 1.82) is 0 Å². The highest BCUT2D eigenvalue weighted by Crippen LogP contribution is 2.29. The molecule has 0 aliphatic rings. The van der Waals surface area contributed by atoms with Crippen LogP contribution in [-0.4, -0.2) is 11.7 Å². The van der Waals surface area contributed by atoms with Gasteiger partial charge >= 0.3 is 0 Å². The van der Waals surface area contributed by atoms with Crippen molar-refractivity contribution in [3.8, 4) is 0 Å². The summed E-state index contributed by atoms with van der Waals surface area (Å²) >= 11 is 1.73. The first kappa shape index (κ1) is 14.3. The first-order chi connectivity index (χ1) is 10.2. The van der Waals surface area contributed by atoms with Crippen molar-refractivity contribution in [2.45, 2.75) is 19.0 Å². The molecule has 0 amide bonds. The average molecular weight is 297 g/mol. The second kappa shape index (κ2) is 5.98. The molecule has 108 valence electrons. The van der Waals surface area contributed by atoms with Crippen LogP contribution in [0.3, 0.4) is 0 Å². The van der Waals surface area contributed by atoms with E-state index in [1.54, 1.807) is 11.3 Å². The van der Waals surface area contributed by atoms with Crippen LogP contribution in [0.2, 0.25) is 0 Å². The van der Waals surface area contributed by atoms with Gasteiger partial charge in [0.1, 0.15) is 0 Å². The summed E-state index contributed by atoms with van der Waals surface area (Å²) in [5.41, 5.74) is 0.685. The van der Waals surface area contributed by atoms with Crippen LogP contribution in [0.4, 0.5) is 0 Å². The van der Waals surface area contributed by atoms with E-state index in [1.165, 1.54) is 15.6 Å². The standard InChI is InChI=1S/C18H19NOS/c1-18(13-20,19-12-15-8-5-11-21-15)17-10-4-7-14-6-2-3-9-16(14)17/h2-11,19-20H,12-13H2,1H3. The molecule has 0 spiro atoms. The first-order valence-electron chi connectivity index (χ1n) is 7.09. The lowest BCUT2D eigenvalue weighted by atomic mass is 9.88. The van der Waals surface area contributed by atoms with Crippen molar-refractivity contribution < 1.29 is 5.11 Å². The Bertz CT molecular complexity index is 718. The number of aliphatic hydroxyl groups is 1. The average Bonchev–Trinajstić information content (AvgIpc) is 3.05. The highest BCUT2D eigenvalue weighted by Gasteiger charge is 2.26. The molecule has 0 aliphatic carbocycles. The lowest BCUT2D eigenvalue weighted by molar-refractivity contribution is 0.175. The van der Waals surface area contributed by atoms with Gasteiger partial charge in [0.25, 0.3) is 0 Å². The number of hydrogen-bond acceptors (Lipinski definition) is 3.